The highest BCUT2D eigenvalue weighted by atomic mass is 35.5. The molecule has 0 aliphatic rings. The molecule has 3 rings (SSSR count). The Morgan fingerprint density at radius 3 is 1.71 bits per heavy atom. The van der Waals surface area contributed by atoms with Gasteiger partial charge in [0.2, 0.25) is 0 Å². The van der Waals surface area contributed by atoms with Crippen LogP contribution in [0.3, 0.4) is 0 Å². The molecule has 0 N–H and O–H groups in total. The molecule has 2 nitrogen and oxygen atoms in total. The van der Waals surface area contributed by atoms with Gasteiger partial charge in [-0.3, -0.25) is 4.98 Å². The molecular weight excluding hydrogens is 386 g/mol. The Morgan fingerprint density at radius 2 is 1.21 bits per heavy atom. The van der Waals surface area contributed by atoms with Gasteiger partial charge < -0.3 is 0 Å². The van der Waals surface area contributed by atoms with Crippen LogP contribution in [0.25, 0.3) is 22.4 Å². The summed E-state index contributed by atoms with van der Waals surface area (Å²) in [6, 6.07) is 14.2. The molecule has 3 aromatic rings. The molecular formula is C18H8Cl4N2. The zero-order valence-corrected chi connectivity index (χ0v) is 15.0. The third kappa shape index (κ3) is 3.66. The van der Waals surface area contributed by atoms with E-state index in [1.54, 1.807) is 42.5 Å². The average Bonchev–Trinajstić information content (AvgIpc) is 2.52. The van der Waals surface area contributed by atoms with Gasteiger partial charge in [-0.2, -0.15) is 5.26 Å². The van der Waals surface area contributed by atoms with E-state index in [1.165, 1.54) is 6.20 Å². The minimum absolute atomic E-state index is 0.429. The van der Waals surface area contributed by atoms with Crippen LogP contribution in [0.15, 0.2) is 48.7 Å². The number of rotatable bonds is 2. The minimum Gasteiger partial charge on any atom is -0.254 e. The van der Waals surface area contributed by atoms with Gasteiger partial charge in [0.05, 0.1) is 11.3 Å². The third-order valence-electron chi connectivity index (χ3n) is 3.33. The number of pyridine rings is 1. The van der Waals surface area contributed by atoms with Crippen LogP contribution in [0.5, 0.6) is 0 Å². The third-order valence-corrected chi connectivity index (χ3v) is 4.20. The van der Waals surface area contributed by atoms with Gasteiger partial charge in [-0.15, -0.1) is 0 Å². The molecule has 0 amide bonds. The Morgan fingerprint density at radius 1 is 0.708 bits per heavy atom. The molecule has 0 aliphatic carbocycles. The standard InChI is InChI=1S/C18H8Cl4N2/c19-13-2-11(3-14(20)6-13)17-1-10(8-23)9-24-18(17)12-4-15(21)7-16(22)5-12/h1-7,9H. The maximum Gasteiger partial charge on any atom is 0.101 e. The highest BCUT2D eigenvalue weighted by molar-refractivity contribution is 6.35. The lowest BCUT2D eigenvalue weighted by Gasteiger charge is -2.11. The smallest absolute Gasteiger partial charge is 0.101 e. The maximum atomic E-state index is 9.18. The normalized spacial score (nSPS) is 10.5. The molecule has 2 aromatic carbocycles. The predicted octanol–water partition coefficient (Wildman–Crippen LogP) is 6.90. The second-order valence-corrected chi connectivity index (χ2v) is 6.79. The second-order valence-electron chi connectivity index (χ2n) is 5.05. The Bertz CT molecular complexity index is 937. The fraction of sp³-hybridized carbons (Fsp3) is 0. The van der Waals surface area contributed by atoms with Gasteiger partial charge in [0, 0.05) is 37.4 Å². The van der Waals surface area contributed by atoms with Gasteiger partial charge >= 0.3 is 0 Å². The Hall–Kier alpha value is -1.76. The van der Waals surface area contributed by atoms with Crippen LogP contribution >= 0.6 is 46.4 Å². The number of hydrogen-bond acceptors (Lipinski definition) is 2. The van der Waals surface area contributed by atoms with E-state index < -0.39 is 0 Å². The molecule has 0 radical (unpaired) electrons. The second kappa shape index (κ2) is 7.01. The van der Waals surface area contributed by atoms with Crippen molar-refractivity contribution in [1.29, 1.82) is 5.26 Å². The summed E-state index contributed by atoms with van der Waals surface area (Å²) in [6.45, 7) is 0. The van der Waals surface area contributed by atoms with Crippen molar-refractivity contribution in [2.75, 3.05) is 0 Å². The number of nitriles is 1. The van der Waals surface area contributed by atoms with Crippen molar-refractivity contribution >= 4 is 46.4 Å². The molecule has 0 saturated heterocycles. The highest BCUT2D eigenvalue weighted by Crippen LogP contribution is 2.36. The topological polar surface area (TPSA) is 36.7 Å². The van der Waals surface area contributed by atoms with E-state index in [4.69, 9.17) is 46.4 Å². The zero-order chi connectivity index (χ0) is 17.3. The highest BCUT2D eigenvalue weighted by Gasteiger charge is 2.13. The Kier molecular flexibility index (Phi) is 4.99. The molecule has 118 valence electrons. The molecule has 0 fully saturated rings. The first kappa shape index (κ1) is 17.1. The maximum absolute atomic E-state index is 9.18. The molecule has 0 aliphatic heterocycles. The van der Waals surface area contributed by atoms with Crippen molar-refractivity contribution in [3.05, 3.63) is 74.3 Å². The monoisotopic (exact) mass is 392 g/mol. The average molecular weight is 394 g/mol. The van der Waals surface area contributed by atoms with Gasteiger partial charge in [-0.25, -0.2) is 0 Å². The lowest BCUT2D eigenvalue weighted by atomic mass is 9.98. The number of nitrogens with zero attached hydrogens (tertiary/aromatic N) is 2. The summed E-state index contributed by atoms with van der Waals surface area (Å²) in [4.78, 5) is 4.41. The van der Waals surface area contributed by atoms with Crippen LogP contribution < -0.4 is 0 Å². The summed E-state index contributed by atoms with van der Waals surface area (Å²) in [5.41, 5.74) is 3.28. The largest absolute Gasteiger partial charge is 0.254 e. The van der Waals surface area contributed by atoms with Crippen LogP contribution in [0.2, 0.25) is 20.1 Å². The first-order valence-corrected chi connectivity index (χ1v) is 8.30. The van der Waals surface area contributed by atoms with E-state index in [1.807, 2.05) is 0 Å². The molecule has 0 bridgehead atoms. The summed E-state index contributed by atoms with van der Waals surface area (Å²) in [5.74, 6) is 0. The summed E-state index contributed by atoms with van der Waals surface area (Å²) < 4.78 is 0. The lowest BCUT2D eigenvalue weighted by Crippen LogP contribution is -1.92. The molecule has 1 heterocycles. The van der Waals surface area contributed by atoms with Crippen LogP contribution in [0.4, 0.5) is 0 Å². The summed E-state index contributed by atoms with van der Waals surface area (Å²) >= 11 is 24.4. The lowest BCUT2D eigenvalue weighted by molar-refractivity contribution is 1.30. The molecule has 0 spiro atoms. The van der Waals surface area contributed by atoms with Crippen LogP contribution in [-0.4, -0.2) is 4.98 Å². The van der Waals surface area contributed by atoms with Crippen molar-refractivity contribution in [3.63, 3.8) is 0 Å². The number of hydrogen-bond donors (Lipinski definition) is 0. The van der Waals surface area contributed by atoms with Crippen LogP contribution in [0, 0.1) is 11.3 Å². The van der Waals surface area contributed by atoms with Gasteiger partial charge in [0.1, 0.15) is 6.07 Å². The van der Waals surface area contributed by atoms with E-state index >= 15 is 0 Å². The van der Waals surface area contributed by atoms with Gasteiger partial charge in [0.15, 0.2) is 0 Å². The van der Waals surface area contributed by atoms with Gasteiger partial charge in [-0.1, -0.05) is 46.4 Å². The number of halogens is 4. The fourth-order valence-corrected chi connectivity index (χ4v) is 3.43. The molecule has 0 saturated carbocycles. The van der Waals surface area contributed by atoms with Crippen molar-refractivity contribution in [2.45, 2.75) is 0 Å². The molecule has 1 aromatic heterocycles. The SMILES string of the molecule is N#Cc1cnc(-c2cc(Cl)cc(Cl)c2)c(-c2cc(Cl)cc(Cl)c2)c1. The van der Waals surface area contributed by atoms with E-state index in [-0.39, 0.29) is 0 Å². The predicted molar refractivity (Wildman–Crippen MR) is 99.9 cm³/mol. The van der Waals surface area contributed by atoms with Crippen molar-refractivity contribution in [1.82, 2.24) is 4.98 Å². The van der Waals surface area contributed by atoms with E-state index in [2.05, 4.69) is 11.1 Å². The van der Waals surface area contributed by atoms with Gasteiger partial charge in [-0.05, 0) is 48.0 Å². The van der Waals surface area contributed by atoms with E-state index in [0.29, 0.717) is 31.3 Å². The Labute approximate surface area is 159 Å². The molecule has 0 unspecified atom stereocenters. The first-order valence-electron chi connectivity index (χ1n) is 6.79. The number of benzene rings is 2. The minimum atomic E-state index is 0.429. The van der Waals surface area contributed by atoms with E-state index in [9.17, 15) is 5.26 Å². The van der Waals surface area contributed by atoms with Crippen LogP contribution in [0.1, 0.15) is 5.56 Å². The van der Waals surface area contributed by atoms with Crippen molar-refractivity contribution in [2.24, 2.45) is 0 Å². The summed E-state index contributed by atoms with van der Waals surface area (Å²) in [5, 5.41) is 11.2. The summed E-state index contributed by atoms with van der Waals surface area (Å²) in [6.07, 6.45) is 1.50. The molecule has 0 atom stereocenters. The van der Waals surface area contributed by atoms with Gasteiger partial charge in [0.25, 0.3) is 0 Å². The van der Waals surface area contributed by atoms with Crippen molar-refractivity contribution in [3.8, 4) is 28.5 Å². The molecule has 24 heavy (non-hydrogen) atoms. The van der Waals surface area contributed by atoms with Crippen molar-refractivity contribution < 1.29 is 0 Å². The Balaban J connectivity index is 2.29. The number of aromatic nitrogens is 1. The summed E-state index contributed by atoms with van der Waals surface area (Å²) in [7, 11) is 0. The zero-order valence-electron chi connectivity index (χ0n) is 12.0. The molecule has 6 heteroatoms. The van der Waals surface area contributed by atoms with E-state index in [0.717, 1.165) is 16.7 Å². The fourth-order valence-electron chi connectivity index (χ4n) is 2.38. The van der Waals surface area contributed by atoms with Crippen LogP contribution in [-0.2, 0) is 0 Å². The first-order chi connectivity index (χ1) is 11.5. The quantitative estimate of drug-likeness (QED) is 0.474.